The second-order valence-corrected chi connectivity index (χ2v) is 5.18. The lowest BCUT2D eigenvalue weighted by Gasteiger charge is -2.38. The summed E-state index contributed by atoms with van der Waals surface area (Å²) in [4.78, 5) is 2.41. The van der Waals surface area contributed by atoms with E-state index in [0.29, 0.717) is 5.54 Å². The highest BCUT2D eigenvalue weighted by Gasteiger charge is 2.29. The minimum Gasteiger partial charge on any atom is -0.314 e. The van der Waals surface area contributed by atoms with Crippen molar-refractivity contribution < 1.29 is 0 Å². The fourth-order valence-electron chi connectivity index (χ4n) is 2.85. The van der Waals surface area contributed by atoms with Gasteiger partial charge in [-0.1, -0.05) is 31.4 Å². The van der Waals surface area contributed by atoms with E-state index >= 15 is 0 Å². The molecule has 1 N–H and O–H groups in total. The van der Waals surface area contributed by atoms with E-state index in [1.807, 2.05) is 12.2 Å². The molecule has 1 rings (SSSR count). The van der Waals surface area contributed by atoms with Gasteiger partial charge in [0.1, 0.15) is 0 Å². The van der Waals surface area contributed by atoms with Gasteiger partial charge in [-0.3, -0.25) is 4.90 Å². The second-order valence-electron chi connectivity index (χ2n) is 5.18. The predicted octanol–water partition coefficient (Wildman–Crippen LogP) is 2.97. The topological polar surface area (TPSA) is 15.3 Å². The molecule has 0 atom stereocenters. The summed E-state index contributed by atoms with van der Waals surface area (Å²) in [5.41, 5.74) is 0.388. The van der Waals surface area contributed by atoms with Crippen molar-refractivity contribution in [2.24, 2.45) is 0 Å². The van der Waals surface area contributed by atoms with E-state index in [1.165, 1.54) is 38.5 Å². The molecule has 1 fully saturated rings. The molecular weight excluding hydrogens is 208 g/mol. The SMILES string of the molecule is C=CCN(CC=C)CCC1(NC)CCCCC1. The van der Waals surface area contributed by atoms with Gasteiger partial charge in [-0.15, -0.1) is 13.2 Å². The monoisotopic (exact) mass is 236 g/mol. The largest absolute Gasteiger partial charge is 0.314 e. The van der Waals surface area contributed by atoms with Crippen molar-refractivity contribution in [1.29, 1.82) is 0 Å². The average Bonchev–Trinajstić information content (AvgIpc) is 2.38. The number of hydrogen-bond acceptors (Lipinski definition) is 2. The minimum atomic E-state index is 0.388. The molecular formula is C15H28N2. The molecule has 17 heavy (non-hydrogen) atoms. The lowest BCUT2D eigenvalue weighted by molar-refractivity contribution is 0.196. The van der Waals surface area contributed by atoms with Crippen LogP contribution in [0.25, 0.3) is 0 Å². The summed E-state index contributed by atoms with van der Waals surface area (Å²) in [6.45, 7) is 10.7. The average molecular weight is 236 g/mol. The van der Waals surface area contributed by atoms with E-state index in [2.05, 4.69) is 30.4 Å². The molecule has 0 saturated heterocycles. The highest BCUT2D eigenvalue weighted by atomic mass is 15.1. The molecule has 1 aliphatic rings. The minimum absolute atomic E-state index is 0.388. The highest BCUT2D eigenvalue weighted by molar-refractivity contribution is 4.91. The quantitative estimate of drug-likeness (QED) is 0.652. The molecule has 98 valence electrons. The lowest BCUT2D eigenvalue weighted by Crippen LogP contribution is -2.47. The molecule has 1 saturated carbocycles. The maximum atomic E-state index is 3.82. The van der Waals surface area contributed by atoms with Crippen LogP contribution in [0.15, 0.2) is 25.3 Å². The van der Waals surface area contributed by atoms with Crippen LogP contribution in [0.2, 0.25) is 0 Å². The zero-order valence-electron chi connectivity index (χ0n) is 11.4. The lowest BCUT2D eigenvalue weighted by atomic mass is 9.79. The van der Waals surface area contributed by atoms with Crippen LogP contribution in [-0.4, -0.2) is 37.1 Å². The van der Waals surface area contributed by atoms with Crippen molar-refractivity contribution in [3.05, 3.63) is 25.3 Å². The normalized spacial score (nSPS) is 19.2. The van der Waals surface area contributed by atoms with E-state index in [0.717, 1.165) is 19.6 Å². The molecule has 1 aliphatic carbocycles. The Bertz CT molecular complexity index is 219. The van der Waals surface area contributed by atoms with Crippen molar-refractivity contribution in [3.8, 4) is 0 Å². The molecule has 2 nitrogen and oxygen atoms in total. The Hall–Kier alpha value is -0.600. The van der Waals surface area contributed by atoms with Crippen LogP contribution in [0.3, 0.4) is 0 Å². The van der Waals surface area contributed by atoms with Gasteiger partial charge in [0.05, 0.1) is 0 Å². The molecule has 0 aliphatic heterocycles. The van der Waals surface area contributed by atoms with Gasteiger partial charge >= 0.3 is 0 Å². The molecule has 0 aromatic heterocycles. The zero-order chi connectivity index (χ0) is 12.6. The summed E-state index contributed by atoms with van der Waals surface area (Å²) in [6, 6.07) is 0. The van der Waals surface area contributed by atoms with Gasteiger partial charge in [-0.25, -0.2) is 0 Å². The Kier molecular flexibility index (Phi) is 6.53. The first-order valence-corrected chi connectivity index (χ1v) is 6.89. The van der Waals surface area contributed by atoms with E-state index in [4.69, 9.17) is 0 Å². The molecule has 0 amide bonds. The number of nitrogens with one attached hydrogen (secondary N) is 1. The van der Waals surface area contributed by atoms with Crippen molar-refractivity contribution in [3.63, 3.8) is 0 Å². The van der Waals surface area contributed by atoms with Gasteiger partial charge in [0.15, 0.2) is 0 Å². The van der Waals surface area contributed by atoms with Gasteiger partial charge in [0.25, 0.3) is 0 Å². The third-order valence-electron chi connectivity index (χ3n) is 4.02. The highest BCUT2D eigenvalue weighted by Crippen LogP contribution is 2.30. The smallest absolute Gasteiger partial charge is 0.0190 e. The molecule has 2 heteroatoms. The van der Waals surface area contributed by atoms with Crippen molar-refractivity contribution in [1.82, 2.24) is 10.2 Å². The Morgan fingerprint density at radius 1 is 1.12 bits per heavy atom. The number of hydrogen-bond donors (Lipinski definition) is 1. The zero-order valence-corrected chi connectivity index (χ0v) is 11.4. The number of rotatable bonds is 8. The standard InChI is InChI=1S/C15H28N2/c1-4-12-17(13-5-2)14-11-15(16-3)9-7-6-8-10-15/h4-5,16H,1-2,6-14H2,3H3. The van der Waals surface area contributed by atoms with Gasteiger partial charge < -0.3 is 5.32 Å². The summed E-state index contributed by atoms with van der Waals surface area (Å²) in [7, 11) is 2.12. The van der Waals surface area contributed by atoms with Crippen LogP contribution in [-0.2, 0) is 0 Å². The van der Waals surface area contributed by atoms with E-state index in [1.54, 1.807) is 0 Å². The fraction of sp³-hybridized carbons (Fsp3) is 0.733. The van der Waals surface area contributed by atoms with Crippen molar-refractivity contribution in [2.45, 2.75) is 44.1 Å². The summed E-state index contributed by atoms with van der Waals surface area (Å²) < 4.78 is 0. The van der Waals surface area contributed by atoms with Gasteiger partial charge in [-0.2, -0.15) is 0 Å². The molecule has 0 unspecified atom stereocenters. The number of nitrogens with zero attached hydrogens (tertiary/aromatic N) is 1. The first-order valence-electron chi connectivity index (χ1n) is 6.89. The molecule has 0 bridgehead atoms. The second kappa shape index (κ2) is 7.67. The Labute approximate surface area is 107 Å². The van der Waals surface area contributed by atoms with Crippen molar-refractivity contribution in [2.75, 3.05) is 26.7 Å². The predicted molar refractivity (Wildman–Crippen MR) is 76.3 cm³/mol. The maximum absolute atomic E-state index is 3.82. The van der Waals surface area contributed by atoms with E-state index in [9.17, 15) is 0 Å². The Balaban J connectivity index is 2.43. The van der Waals surface area contributed by atoms with Crippen LogP contribution in [0, 0.1) is 0 Å². The summed E-state index contributed by atoms with van der Waals surface area (Å²) in [5.74, 6) is 0. The Morgan fingerprint density at radius 2 is 1.71 bits per heavy atom. The Morgan fingerprint density at radius 3 is 2.18 bits per heavy atom. The summed E-state index contributed by atoms with van der Waals surface area (Å²) in [5, 5.41) is 3.58. The summed E-state index contributed by atoms with van der Waals surface area (Å²) >= 11 is 0. The van der Waals surface area contributed by atoms with E-state index < -0.39 is 0 Å². The summed E-state index contributed by atoms with van der Waals surface area (Å²) in [6.07, 6.45) is 12.0. The molecule has 0 spiro atoms. The fourth-order valence-corrected chi connectivity index (χ4v) is 2.85. The van der Waals surface area contributed by atoms with Crippen LogP contribution in [0.1, 0.15) is 38.5 Å². The molecule has 0 aromatic carbocycles. The van der Waals surface area contributed by atoms with Gasteiger partial charge in [-0.05, 0) is 26.3 Å². The molecule has 0 heterocycles. The first kappa shape index (κ1) is 14.5. The van der Waals surface area contributed by atoms with Crippen LogP contribution in [0.4, 0.5) is 0 Å². The van der Waals surface area contributed by atoms with Gasteiger partial charge in [0, 0.05) is 25.2 Å². The van der Waals surface area contributed by atoms with Crippen LogP contribution < -0.4 is 5.32 Å². The van der Waals surface area contributed by atoms with Gasteiger partial charge in [0.2, 0.25) is 0 Å². The van der Waals surface area contributed by atoms with E-state index in [-0.39, 0.29) is 0 Å². The third-order valence-corrected chi connectivity index (χ3v) is 4.02. The third kappa shape index (κ3) is 4.64. The van der Waals surface area contributed by atoms with Crippen molar-refractivity contribution >= 4 is 0 Å². The maximum Gasteiger partial charge on any atom is 0.0190 e. The van der Waals surface area contributed by atoms with Crippen LogP contribution in [0.5, 0.6) is 0 Å². The first-order chi connectivity index (χ1) is 8.26. The molecule has 0 radical (unpaired) electrons. The van der Waals surface area contributed by atoms with Crippen LogP contribution >= 0.6 is 0 Å². The molecule has 0 aromatic rings.